The number of rotatable bonds is 7. The highest BCUT2D eigenvalue weighted by atomic mass is 16.6. The van der Waals surface area contributed by atoms with Crippen LogP contribution in [-0.2, 0) is 16.0 Å². The molecule has 112 valence electrons. The van der Waals surface area contributed by atoms with Gasteiger partial charge >= 0.3 is 5.97 Å². The van der Waals surface area contributed by atoms with E-state index in [0.29, 0.717) is 5.75 Å². The molecule has 0 aliphatic heterocycles. The van der Waals surface area contributed by atoms with E-state index in [0.717, 1.165) is 5.56 Å². The molecule has 1 rings (SSSR count). The standard InChI is InChI=1S/C14H20O6/c1-9(16)20-14(13(18)8-15)12(17)7-10-3-5-11(19-2)6-4-10/h3-6,12-15,17-18H,7-8H2,1-2H3/t12-,13+,14-/m1/s1. The average Bonchev–Trinajstić information content (AvgIpc) is 2.44. The summed E-state index contributed by atoms with van der Waals surface area (Å²) in [6.45, 7) is 0.578. The maximum atomic E-state index is 11.0. The van der Waals surface area contributed by atoms with E-state index >= 15 is 0 Å². The van der Waals surface area contributed by atoms with Crippen LogP contribution < -0.4 is 4.74 Å². The van der Waals surface area contributed by atoms with Gasteiger partial charge in [0.25, 0.3) is 0 Å². The fraction of sp³-hybridized carbons (Fsp3) is 0.500. The first kappa shape index (κ1) is 16.4. The normalized spacial score (nSPS) is 15.2. The Morgan fingerprint density at radius 2 is 1.80 bits per heavy atom. The number of benzene rings is 1. The number of carbonyl (C=O) groups is 1. The molecule has 6 heteroatoms. The van der Waals surface area contributed by atoms with Crippen LogP contribution in [0, 0.1) is 0 Å². The van der Waals surface area contributed by atoms with Crippen molar-refractivity contribution in [2.45, 2.75) is 31.7 Å². The highest BCUT2D eigenvalue weighted by Crippen LogP contribution is 2.16. The number of aliphatic hydroxyl groups excluding tert-OH is 3. The zero-order valence-electron chi connectivity index (χ0n) is 11.5. The number of ether oxygens (including phenoxy) is 2. The Kier molecular flexibility index (Phi) is 6.44. The van der Waals surface area contributed by atoms with E-state index in [-0.39, 0.29) is 6.42 Å². The van der Waals surface area contributed by atoms with Crippen molar-refractivity contribution in [3.63, 3.8) is 0 Å². The van der Waals surface area contributed by atoms with E-state index in [1.165, 1.54) is 6.92 Å². The molecule has 6 nitrogen and oxygen atoms in total. The summed E-state index contributed by atoms with van der Waals surface area (Å²) >= 11 is 0. The molecule has 3 N–H and O–H groups in total. The second-order valence-corrected chi connectivity index (χ2v) is 4.44. The van der Waals surface area contributed by atoms with E-state index in [1.807, 2.05) is 0 Å². The molecule has 0 aromatic heterocycles. The summed E-state index contributed by atoms with van der Waals surface area (Å²) in [5.74, 6) is 0.0615. The van der Waals surface area contributed by atoms with E-state index in [9.17, 15) is 15.0 Å². The van der Waals surface area contributed by atoms with Gasteiger partial charge in [-0.1, -0.05) is 12.1 Å². The van der Waals surface area contributed by atoms with E-state index < -0.39 is 30.9 Å². The predicted octanol–water partition coefficient (Wildman–Crippen LogP) is -0.117. The molecule has 0 amide bonds. The zero-order valence-corrected chi connectivity index (χ0v) is 11.5. The fourth-order valence-electron chi connectivity index (χ4n) is 1.83. The van der Waals surface area contributed by atoms with Gasteiger partial charge in [0.2, 0.25) is 0 Å². The molecule has 1 aromatic carbocycles. The van der Waals surface area contributed by atoms with Gasteiger partial charge in [0, 0.05) is 13.3 Å². The van der Waals surface area contributed by atoms with Crippen LogP contribution in [0.4, 0.5) is 0 Å². The molecule has 0 aliphatic carbocycles. The lowest BCUT2D eigenvalue weighted by Crippen LogP contribution is -2.43. The third kappa shape index (κ3) is 4.80. The molecule has 0 saturated carbocycles. The first-order valence-electron chi connectivity index (χ1n) is 6.25. The molecule has 0 spiro atoms. The van der Waals surface area contributed by atoms with Gasteiger partial charge in [0.05, 0.1) is 19.8 Å². The smallest absolute Gasteiger partial charge is 0.303 e. The molecule has 0 aliphatic rings. The first-order chi connectivity index (χ1) is 9.47. The second-order valence-electron chi connectivity index (χ2n) is 4.44. The molecule has 1 aromatic rings. The van der Waals surface area contributed by atoms with Gasteiger partial charge in [-0.15, -0.1) is 0 Å². The fourth-order valence-corrected chi connectivity index (χ4v) is 1.83. The summed E-state index contributed by atoms with van der Waals surface area (Å²) in [6, 6.07) is 7.01. The Labute approximate surface area is 117 Å². The topological polar surface area (TPSA) is 96.2 Å². The van der Waals surface area contributed by atoms with Crippen molar-refractivity contribution in [1.29, 1.82) is 0 Å². The van der Waals surface area contributed by atoms with E-state index in [4.69, 9.17) is 14.6 Å². The van der Waals surface area contributed by atoms with Crippen molar-refractivity contribution in [1.82, 2.24) is 0 Å². The molecule has 3 atom stereocenters. The number of hydrogen-bond donors (Lipinski definition) is 3. The highest BCUT2D eigenvalue weighted by Gasteiger charge is 2.29. The predicted molar refractivity (Wildman–Crippen MR) is 71.4 cm³/mol. The van der Waals surface area contributed by atoms with Crippen LogP contribution in [0.1, 0.15) is 12.5 Å². The van der Waals surface area contributed by atoms with Crippen molar-refractivity contribution in [3.05, 3.63) is 29.8 Å². The Balaban J connectivity index is 2.73. The van der Waals surface area contributed by atoms with Crippen LogP contribution in [0.2, 0.25) is 0 Å². The first-order valence-corrected chi connectivity index (χ1v) is 6.25. The summed E-state index contributed by atoms with van der Waals surface area (Å²) in [7, 11) is 1.55. The van der Waals surface area contributed by atoms with Gasteiger partial charge in [-0.3, -0.25) is 4.79 Å². The molecule has 0 radical (unpaired) electrons. The van der Waals surface area contributed by atoms with Crippen molar-refractivity contribution in [2.24, 2.45) is 0 Å². The SMILES string of the molecule is COc1ccc(C[C@@H](O)[C@@H](OC(C)=O)[C@@H](O)CO)cc1. The average molecular weight is 284 g/mol. The number of aliphatic hydroxyl groups is 3. The molecule has 0 fully saturated rings. The van der Waals surface area contributed by atoms with Crippen LogP contribution in [-0.4, -0.2) is 53.3 Å². The molecule has 20 heavy (non-hydrogen) atoms. The maximum absolute atomic E-state index is 11.0. The van der Waals surface area contributed by atoms with Crippen LogP contribution >= 0.6 is 0 Å². The largest absolute Gasteiger partial charge is 0.497 e. The van der Waals surface area contributed by atoms with Crippen molar-refractivity contribution < 1.29 is 29.6 Å². The summed E-state index contributed by atoms with van der Waals surface area (Å²) in [5.41, 5.74) is 0.792. The summed E-state index contributed by atoms with van der Waals surface area (Å²) in [5, 5.41) is 28.6. The molecule has 0 bridgehead atoms. The van der Waals surface area contributed by atoms with Crippen LogP contribution in [0.5, 0.6) is 5.75 Å². The number of esters is 1. The van der Waals surface area contributed by atoms with Crippen molar-refractivity contribution >= 4 is 5.97 Å². The van der Waals surface area contributed by atoms with Gasteiger partial charge in [-0.25, -0.2) is 0 Å². The minimum Gasteiger partial charge on any atom is -0.497 e. The third-order valence-corrected chi connectivity index (χ3v) is 2.85. The van der Waals surface area contributed by atoms with E-state index in [2.05, 4.69) is 0 Å². The van der Waals surface area contributed by atoms with Crippen molar-refractivity contribution in [3.8, 4) is 5.75 Å². The number of hydrogen-bond acceptors (Lipinski definition) is 6. The Hall–Kier alpha value is -1.63. The lowest BCUT2D eigenvalue weighted by molar-refractivity contribution is -0.164. The number of carbonyl (C=O) groups excluding carboxylic acids is 1. The molecule has 0 heterocycles. The molecule has 0 saturated heterocycles. The Bertz CT molecular complexity index is 416. The zero-order chi connectivity index (χ0) is 15.1. The van der Waals surface area contributed by atoms with E-state index in [1.54, 1.807) is 31.4 Å². The third-order valence-electron chi connectivity index (χ3n) is 2.85. The van der Waals surface area contributed by atoms with Gasteiger partial charge < -0.3 is 24.8 Å². The molecular formula is C14H20O6. The van der Waals surface area contributed by atoms with Gasteiger partial charge in [0.1, 0.15) is 11.9 Å². The summed E-state index contributed by atoms with van der Waals surface area (Å²) in [6.07, 6.45) is -3.43. The Morgan fingerprint density at radius 3 is 2.25 bits per heavy atom. The Morgan fingerprint density at radius 1 is 1.20 bits per heavy atom. The van der Waals surface area contributed by atoms with Gasteiger partial charge in [-0.2, -0.15) is 0 Å². The quantitative estimate of drug-likeness (QED) is 0.604. The lowest BCUT2D eigenvalue weighted by atomic mass is 10.0. The molecular weight excluding hydrogens is 264 g/mol. The van der Waals surface area contributed by atoms with Crippen molar-refractivity contribution in [2.75, 3.05) is 13.7 Å². The van der Waals surface area contributed by atoms with Crippen LogP contribution in [0.25, 0.3) is 0 Å². The minimum absolute atomic E-state index is 0.180. The minimum atomic E-state index is -1.33. The molecule has 0 unspecified atom stereocenters. The van der Waals surface area contributed by atoms with Gasteiger partial charge in [-0.05, 0) is 17.7 Å². The number of methoxy groups -OCH3 is 1. The maximum Gasteiger partial charge on any atom is 0.303 e. The lowest BCUT2D eigenvalue weighted by Gasteiger charge is -2.26. The highest BCUT2D eigenvalue weighted by molar-refractivity contribution is 5.66. The van der Waals surface area contributed by atoms with Crippen LogP contribution in [0.3, 0.4) is 0 Å². The summed E-state index contributed by atoms with van der Waals surface area (Å²) < 4.78 is 9.88. The van der Waals surface area contributed by atoms with Gasteiger partial charge in [0.15, 0.2) is 6.10 Å². The monoisotopic (exact) mass is 284 g/mol. The summed E-state index contributed by atoms with van der Waals surface area (Å²) in [4.78, 5) is 11.0. The van der Waals surface area contributed by atoms with Crippen LogP contribution in [0.15, 0.2) is 24.3 Å². The second kappa shape index (κ2) is 7.84.